The van der Waals surface area contributed by atoms with Crippen LogP contribution in [-0.4, -0.2) is 6.18 Å². The molecule has 0 aliphatic carbocycles. The average molecular weight is 219 g/mol. The molecule has 0 saturated heterocycles. The molecule has 0 aromatic heterocycles. The van der Waals surface area contributed by atoms with E-state index >= 15 is 0 Å². The van der Waals surface area contributed by atoms with Crippen LogP contribution in [0.5, 0.6) is 0 Å². The van der Waals surface area contributed by atoms with E-state index in [0.717, 1.165) is 0 Å². The first-order valence-electron chi connectivity index (χ1n) is 3.90. The molecule has 5 heteroatoms. The first-order valence-corrected chi connectivity index (χ1v) is 4.28. The summed E-state index contributed by atoms with van der Waals surface area (Å²) >= 11 is 5.17. The fourth-order valence-corrected chi connectivity index (χ4v) is 1.06. The zero-order valence-corrected chi connectivity index (χ0v) is 8.14. The zero-order chi connectivity index (χ0) is 10.6. The lowest BCUT2D eigenvalue weighted by Crippen LogP contribution is -2.10. The van der Waals surface area contributed by atoms with Crippen LogP contribution < -0.4 is 0 Å². The molecule has 0 aliphatic heterocycles. The maximum absolute atomic E-state index is 12.4. The summed E-state index contributed by atoms with van der Waals surface area (Å²) in [5.41, 5.74) is 0. The van der Waals surface area contributed by atoms with Crippen molar-refractivity contribution in [1.29, 1.82) is 0 Å². The number of halogens is 5. The van der Waals surface area contributed by atoms with E-state index in [2.05, 4.69) is 0 Å². The lowest BCUT2D eigenvalue weighted by atomic mass is 10.0. The second kappa shape index (κ2) is 4.84. The predicted octanol–water partition coefficient (Wildman–Crippen LogP) is 4.40. The number of allylic oxidation sites excluding steroid dienone is 2. The Morgan fingerprint density at radius 1 is 1.38 bits per heavy atom. The van der Waals surface area contributed by atoms with Crippen molar-refractivity contribution in [2.75, 3.05) is 0 Å². The minimum absolute atomic E-state index is 0.0411. The van der Waals surface area contributed by atoms with Gasteiger partial charge in [0.25, 0.3) is 0 Å². The third kappa shape index (κ3) is 4.50. The standard InChI is InChI=1S/C8H11ClF4/c1-3-5(2)4-6(9)7(10)8(11,12)13/h5H,3-4H2,1-2H3/b7-6-. The first-order chi connectivity index (χ1) is 5.79. The lowest BCUT2D eigenvalue weighted by Gasteiger charge is -2.09. The Kier molecular flexibility index (Phi) is 4.75. The van der Waals surface area contributed by atoms with Gasteiger partial charge >= 0.3 is 6.18 Å². The SMILES string of the molecule is CCC(C)C/C(Cl)=C(/F)C(F)(F)F. The highest BCUT2D eigenvalue weighted by Gasteiger charge is 2.37. The van der Waals surface area contributed by atoms with Gasteiger partial charge in [0.1, 0.15) is 0 Å². The Morgan fingerprint density at radius 2 is 1.85 bits per heavy atom. The van der Waals surface area contributed by atoms with E-state index in [4.69, 9.17) is 11.6 Å². The molecule has 0 bridgehead atoms. The fraction of sp³-hybridized carbons (Fsp3) is 0.750. The molecule has 0 radical (unpaired) electrons. The summed E-state index contributed by atoms with van der Waals surface area (Å²) in [5.74, 6) is -2.21. The number of hydrogen-bond acceptors (Lipinski definition) is 0. The van der Waals surface area contributed by atoms with Crippen molar-refractivity contribution in [3.8, 4) is 0 Å². The smallest absolute Gasteiger partial charge is 0.200 e. The van der Waals surface area contributed by atoms with Crippen molar-refractivity contribution in [2.45, 2.75) is 32.9 Å². The van der Waals surface area contributed by atoms with Gasteiger partial charge in [0.2, 0.25) is 5.83 Å². The molecule has 0 rings (SSSR count). The lowest BCUT2D eigenvalue weighted by molar-refractivity contribution is -0.109. The minimum atomic E-state index is -4.95. The maximum atomic E-state index is 12.4. The Labute approximate surface area is 79.6 Å². The van der Waals surface area contributed by atoms with E-state index < -0.39 is 17.0 Å². The molecule has 0 fully saturated rings. The van der Waals surface area contributed by atoms with Crippen LogP contribution in [0.3, 0.4) is 0 Å². The summed E-state index contributed by atoms with van der Waals surface area (Å²) in [5, 5.41) is -0.734. The Hall–Kier alpha value is -0.250. The van der Waals surface area contributed by atoms with Crippen molar-refractivity contribution in [2.24, 2.45) is 5.92 Å². The molecule has 0 N–H and O–H groups in total. The zero-order valence-electron chi connectivity index (χ0n) is 7.38. The topological polar surface area (TPSA) is 0 Å². The first kappa shape index (κ1) is 12.8. The molecule has 1 atom stereocenters. The molecule has 13 heavy (non-hydrogen) atoms. The number of rotatable bonds is 3. The van der Waals surface area contributed by atoms with E-state index in [1.54, 1.807) is 13.8 Å². The van der Waals surface area contributed by atoms with Gasteiger partial charge in [-0.05, 0) is 12.3 Å². The molecule has 0 saturated carbocycles. The van der Waals surface area contributed by atoms with Gasteiger partial charge in [-0.2, -0.15) is 13.2 Å². The molecule has 1 unspecified atom stereocenters. The molecule has 0 amide bonds. The van der Waals surface area contributed by atoms with E-state index in [9.17, 15) is 17.6 Å². The maximum Gasteiger partial charge on any atom is 0.444 e. The predicted molar refractivity (Wildman–Crippen MR) is 44.1 cm³/mol. The minimum Gasteiger partial charge on any atom is -0.200 e. The van der Waals surface area contributed by atoms with Crippen molar-refractivity contribution in [3.05, 3.63) is 10.9 Å². The molecule has 78 valence electrons. The van der Waals surface area contributed by atoms with Crippen molar-refractivity contribution < 1.29 is 17.6 Å². The van der Waals surface area contributed by atoms with Gasteiger partial charge in [-0.1, -0.05) is 31.9 Å². The van der Waals surface area contributed by atoms with Crippen LogP contribution in [0.1, 0.15) is 26.7 Å². The summed E-state index contributed by atoms with van der Waals surface area (Å²) in [6.07, 6.45) is -4.35. The monoisotopic (exact) mass is 218 g/mol. The average Bonchev–Trinajstić information content (AvgIpc) is 2.01. The Bertz CT molecular complexity index is 195. The second-order valence-electron chi connectivity index (χ2n) is 2.93. The van der Waals surface area contributed by atoms with Crippen LogP contribution in [0, 0.1) is 5.92 Å². The Balaban J connectivity index is 4.45. The quantitative estimate of drug-likeness (QED) is 0.616. The van der Waals surface area contributed by atoms with Crippen LogP contribution in [0.15, 0.2) is 10.9 Å². The molecule has 0 heterocycles. The molecule has 0 aromatic rings. The van der Waals surface area contributed by atoms with Gasteiger partial charge in [-0.15, -0.1) is 0 Å². The molecule has 0 spiro atoms. The highest BCUT2D eigenvalue weighted by Crippen LogP contribution is 2.33. The summed E-state index contributed by atoms with van der Waals surface area (Å²) in [4.78, 5) is 0. The van der Waals surface area contributed by atoms with Crippen LogP contribution in [0.25, 0.3) is 0 Å². The molecule has 0 aliphatic rings. The second-order valence-corrected chi connectivity index (χ2v) is 3.39. The largest absolute Gasteiger partial charge is 0.444 e. The van der Waals surface area contributed by atoms with Gasteiger partial charge in [0, 0.05) is 0 Å². The molecule has 0 aromatic carbocycles. The van der Waals surface area contributed by atoms with E-state index in [-0.39, 0.29) is 12.3 Å². The van der Waals surface area contributed by atoms with Crippen LogP contribution in [0.2, 0.25) is 0 Å². The highest BCUT2D eigenvalue weighted by atomic mass is 35.5. The van der Waals surface area contributed by atoms with E-state index in [1.807, 2.05) is 0 Å². The fourth-order valence-electron chi connectivity index (χ4n) is 0.694. The normalized spacial score (nSPS) is 16.8. The van der Waals surface area contributed by atoms with E-state index in [1.165, 1.54) is 0 Å². The third-order valence-corrected chi connectivity index (χ3v) is 2.03. The van der Waals surface area contributed by atoms with Crippen molar-refractivity contribution >= 4 is 11.6 Å². The van der Waals surface area contributed by atoms with Crippen molar-refractivity contribution in [1.82, 2.24) is 0 Å². The van der Waals surface area contributed by atoms with Gasteiger partial charge < -0.3 is 0 Å². The van der Waals surface area contributed by atoms with Gasteiger partial charge in [0.15, 0.2) is 0 Å². The van der Waals surface area contributed by atoms with Gasteiger partial charge in [-0.25, -0.2) is 4.39 Å². The summed E-state index contributed by atoms with van der Waals surface area (Å²) in [7, 11) is 0. The summed E-state index contributed by atoms with van der Waals surface area (Å²) in [6.45, 7) is 3.52. The van der Waals surface area contributed by atoms with Gasteiger partial charge in [-0.3, -0.25) is 0 Å². The van der Waals surface area contributed by atoms with Crippen LogP contribution in [-0.2, 0) is 0 Å². The van der Waals surface area contributed by atoms with Gasteiger partial charge in [0.05, 0.1) is 5.03 Å². The third-order valence-electron chi connectivity index (χ3n) is 1.71. The van der Waals surface area contributed by atoms with Crippen LogP contribution >= 0.6 is 11.6 Å². The summed E-state index contributed by atoms with van der Waals surface area (Å²) in [6, 6.07) is 0. The summed E-state index contributed by atoms with van der Waals surface area (Å²) < 4.78 is 47.6. The highest BCUT2D eigenvalue weighted by molar-refractivity contribution is 6.29. The molecular formula is C8H11ClF4. The van der Waals surface area contributed by atoms with Crippen molar-refractivity contribution in [3.63, 3.8) is 0 Å². The molecule has 0 nitrogen and oxygen atoms in total. The molecular weight excluding hydrogens is 208 g/mol. The number of hydrogen-bond donors (Lipinski definition) is 0. The van der Waals surface area contributed by atoms with Crippen LogP contribution in [0.4, 0.5) is 17.6 Å². The Morgan fingerprint density at radius 3 is 2.15 bits per heavy atom. The van der Waals surface area contributed by atoms with E-state index in [0.29, 0.717) is 6.42 Å². The number of alkyl halides is 3.